The molecule has 0 saturated heterocycles. The van der Waals surface area contributed by atoms with Crippen molar-refractivity contribution in [1.29, 1.82) is 0 Å². The predicted molar refractivity (Wildman–Crippen MR) is 157 cm³/mol. The van der Waals surface area contributed by atoms with E-state index in [1.165, 1.54) is 31.3 Å². The summed E-state index contributed by atoms with van der Waals surface area (Å²) in [4.78, 5) is 0. The van der Waals surface area contributed by atoms with Gasteiger partial charge < -0.3 is 15.3 Å². The molecule has 0 spiro atoms. The molecule has 34 heavy (non-hydrogen) atoms. The van der Waals surface area contributed by atoms with Gasteiger partial charge in [-0.25, -0.2) is 0 Å². The summed E-state index contributed by atoms with van der Waals surface area (Å²) in [6.45, 7) is 24.6. The van der Waals surface area contributed by atoms with Crippen LogP contribution < -0.4 is 0 Å². The Kier molecular flexibility index (Phi) is 43.5. The summed E-state index contributed by atoms with van der Waals surface area (Å²) in [5.74, 6) is 1.50. The lowest BCUT2D eigenvalue weighted by Crippen LogP contribution is -2.15. The van der Waals surface area contributed by atoms with Gasteiger partial charge in [0.05, 0.1) is 12.2 Å². The average molecular weight is 487 g/mol. The summed E-state index contributed by atoms with van der Waals surface area (Å²) >= 11 is 0. The van der Waals surface area contributed by atoms with Gasteiger partial charge in [0.2, 0.25) is 0 Å². The van der Waals surface area contributed by atoms with E-state index in [0.29, 0.717) is 19.4 Å². The van der Waals surface area contributed by atoms with E-state index in [4.69, 9.17) is 5.11 Å². The van der Waals surface area contributed by atoms with E-state index in [1.54, 1.807) is 13.0 Å². The summed E-state index contributed by atoms with van der Waals surface area (Å²) in [7, 11) is 0. The maximum absolute atomic E-state index is 9.97. The van der Waals surface area contributed by atoms with Crippen LogP contribution in [0.2, 0.25) is 0 Å². The standard InChI is InChI=1S/C24H44O3.3C2H6.CH4/c1-6-20(4)23(12-8-9-16-25)13-10-11-19(3)14-15-22(7-2)18-24(27)17-21(5)26;3*1-2;/h7,14-15,20-21,23-27H,2,6,8-13,16-18H2,1,3-5H3;3*1-2H3;1H4/b19-14+,22-15+;;;;. The molecule has 0 heterocycles. The molecule has 0 aliphatic rings. The monoisotopic (exact) mass is 487 g/mol. The number of allylic oxidation sites excluding steroid dienone is 4. The lowest BCUT2D eigenvalue weighted by Gasteiger charge is -2.23. The van der Waals surface area contributed by atoms with Crippen LogP contribution in [-0.2, 0) is 0 Å². The van der Waals surface area contributed by atoms with Crippen molar-refractivity contribution in [3.05, 3.63) is 36.0 Å². The Morgan fingerprint density at radius 2 is 1.41 bits per heavy atom. The lowest BCUT2D eigenvalue weighted by atomic mass is 9.83. The molecule has 208 valence electrons. The van der Waals surface area contributed by atoms with Crippen molar-refractivity contribution in [3.63, 3.8) is 0 Å². The SMILES string of the molecule is C.C=C/C(=C\C=C(/C)CCCC(CCCCO)C(C)CC)CC(O)CC(C)O.CC.CC.CC. The first-order valence-corrected chi connectivity index (χ1v) is 13.8. The Morgan fingerprint density at radius 1 is 0.882 bits per heavy atom. The van der Waals surface area contributed by atoms with Gasteiger partial charge in [-0.1, -0.05) is 112 Å². The van der Waals surface area contributed by atoms with Crippen molar-refractivity contribution < 1.29 is 15.3 Å². The van der Waals surface area contributed by atoms with Gasteiger partial charge in [0.1, 0.15) is 0 Å². The van der Waals surface area contributed by atoms with Gasteiger partial charge in [0.15, 0.2) is 0 Å². The number of hydrogen-bond donors (Lipinski definition) is 3. The Morgan fingerprint density at radius 3 is 1.85 bits per heavy atom. The van der Waals surface area contributed by atoms with Crippen LogP contribution in [0.15, 0.2) is 36.0 Å². The van der Waals surface area contributed by atoms with Crippen LogP contribution in [0.25, 0.3) is 0 Å². The van der Waals surface area contributed by atoms with E-state index in [0.717, 1.165) is 36.7 Å². The van der Waals surface area contributed by atoms with Gasteiger partial charge in [0, 0.05) is 6.61 Å². The fourth-order valence-electron chi connectivity index (χ4n) is 3.51. The molecule has 0 aliphatic carbocycles. The van der Waals surface area contributed by atoms with Crippen LogP contribution in [0.1, 0.15) is 134 Å². The summed E-state index contributed by atoms with van der Waals surface area (Å²) < 4.78 is 0. The lowest BCUT2D eigenvalue weighted by molar-refractivity contribution is 0.0913. The molecule has 0 rings (SSSR count). The molecule has 4 unspecified atom stereocenters. The van der Waals surface area contributed by atoms with Crippen LogP contribution in [0.5, 0.6) is 0 Å². The highest BCUT2D eigenvalue weighted by molar-refractivity contribution is 5.24. The zero-order chi connectivity index (χ0) is 26.7. The summed E-state index contributed by atoms with van der Waals surface area (Å²) in [6, 6.07) is 0. The van der Waals surface area contributed by atoms with Crippen LogP contribution in [-0.4, -0.2) is 34.1 Å². The molecule has 0 aromatic carbocycles. The largest absolute Gasteiger partial charge is 0.396 e. The van der Waals surface area contributed by atoms with Gasteiger partial charge >= 0.3 is 0 Å². The molecule has 0 amide bonds. The van der Waals surface area contributed by atoms with Crippen molar-refractivity contribution >= 4 is 0 Å². The Bertz CT molecular complexity index is 438. The van der Waals surface area contributed by atoms with Crippen molar-refractivity contribution in [2.24, 2.45) is 11.8 Å². The highest BCUT2D eigenvalue weighted by Gasteiger charge is 2.15. The van der Waals surface area contributed by atoms with E-state index < -0.39 is 12.2 Å². The molecule has 3 nitrogen and oxygen atoms in total. The van der Waals surface area contributed by atoms with Crippen LogP contribution in [0, 0.1) is 11.8 Å². The van der Waals surface area contributed by atoms with Crippen molar-refractivity contribution in [2.75, 3.05) is 6.61 Å². The zero-order valence-electron chi connectivity index (χ0n) is 24.2. The normalized spacial score (nSPS) is 14.4. The van der Waals surface area contributed by atoms with E-state index in [-0.39, 0.29) is 7.43 Å². The minimum absolute atomic E-state index is 0. The number of aliphatic hydroxyl groups is 3. The summed E-state index contributed by atoms with van der Waals surface area (Å²) in [5.41, 5.74) is 2.35. The quantitative estimate of drug-likeness (QED) is 0.150. The van der Waals surface area contributed by atoms with Crippen molar-refractivity contribution in [1.82, 2.24) is 0 Å². The highest BCUT2D eigenvalue weighted by atomic mass is 16.3. The second-order valence-corrected chi connectivity index (χ2v) is 8.16. The van der Waals surface area contributed by atoms with Gasteiger partial charge in [-0.3, -0.25) is 0 Å². The smallest absolute Gasteiger partial charge is 0.0605 e. The summed E-state index contributed by atoms with van der Waals surface area (Å²) in [5, 5.41) is 28.3. The molecule has 0 aromatic heterocycles. The molecule has 3 N–H and O–H groups in total. The number of hydrogen-bond acceptors (Lipinski definition) is 3. The third-order valence-electron chi connectivity index (χ3n) is 5.51. The van der Waals surface area contributed by atoms with Gasteiger partial charge in [0.25, 0.3) is 0 Å². The number of rotatable bonds is 16. The minimum atomic E-state index is -0.529. The molecule has 3 heteroatoms. The van der Waals surface area contributed by atoms with E-state index in [2.05, 4.69) is 33.4 Å². The molecular weight excluding hydrogens is 420 g/mol. The molecule has 0 saturated carbocycles. The second-order valence-electron chi connectivity index (χ2n) is 8.16. The Balaban J connectivity index is -0.000000368. The Labute approximate surface area is 216 Å². The molecule has 0 bridgehead atoms. The molecule has 0 fully saturated rings. The fourth-order valence-corrected chi connectivity index (χ4v) is 3.51. The topological polar surface area (TPSA) is 60.7 Å². The highest BCUT2D eigenvalue weighted by Crippen LogP contribution is 2.27. The number of aliphatic hydroxyl groups excluding tert-OH is 3. The predicted octanol–water partition coefficient (Wildman–Crippen LogP) is 9.28. The first-order valence-electron chi connectivity index (χ1n) is 13.8. The van der Waals surface area contributed by atoms with Gasteiger partial charge in [-0.2, -0.15) is 0 Å². The first kappa shape index (κ1) is 43.2. The number of unbranched alkanes of at least 4 members (excludes halogenated alkanes) is 1. The molecule has 0 aromatic rings. The van der Waals surface area contributed by atoms with Crippen LogP contribution in [0.4, 0.5) is 0 Å². The molecule has 4 atom stereocenters. The van der Waals surface area contributed by atoms with Crippen molar-refractivity contribution in [3.8, 4) is 0 Å². The first-order chi connectivity index (χ1) is 15.8. The van der Waals surface area contributed by atoms with E-state index in [9.17, 15) is 10.2 Å². The van der Waals surface area contributed by atoms with Gasteiger partial charge in [-0.15, -0.1) is 0 Å². The van der Waals surface area contributed by atoms with Gasteiger partial charge in [-0.05, 0) is 69.8 Å². The van der Waals surface area contributed by atoms with E-state index in [1.807, 2.05) is 47.6 Å². The average Bonchev–Trinajstić information content (AvgIpc) is 2.83. The molecular formula is C31H66O3. The van der Waals surface area contributed by atoms with Crippen molar-refractivity contribution in [2.45, 2.75) is 147 Å². The third-order valence-corrected chi connectivity index (χ3v) is 5.51. The Hall–Kier alpha value is -0.900. The van der Waals surface area contributed by atoms with Crippen LogP contribution in [0.3, 0.4) is 0 Å². The minimum Gasteiger partial charge on any atom is -0.396 e. The maximum Gasteiger partial charge on any atom is 0.0605 e. The maximum atomic E-state index is 9.97. The second kappa shape index (κ2) is 34.3. The molecule has 0 aliphatic heterocycles. The van der Waals surface area contributed by atoms with Crippen LogP contribution >= 0.6 is 0 Å². The van der Waals surface area contributed by atoms with E-state index >= 15 is 0 Å². The third kappa shape index (κ3) is 29.1. The summed E-state index contributed by atoms with van der Waals surface area (Å²) in [6.07, 6.45) is 13.9. The molecule has 0 radical (unpaired) electrons. The fraction of sp³-hybridized carbons (Fsp3) is 0.806. The zero-order valence-corrected chi connectivity index (χ0v) is 24.2.